The third kappa shape index (κ3) is 6.09. The second kappa shape index (κ2) is 10.4. The number of hydrogen-bond donors (Lipinski definition) is 0. The fourth-order valence-corrected chi connectivity index (χ4v) is 3.96. The van der Waals surface area contributed by atoms with Crippen molar-refractivity contribution in [1.29, 1.82) is 0 Å². The van der Waals surface area contributed by atoms with Gasteiger partial charge >= 0.3 is 0 Å². The number of rotatable bonds is 10. The van der Waals surface area contributed by atoms with Crippen LogP contribution >= 0.6 is 8.58 Å². The summed E-state index contributed by atoms with van der Waals surface area (Å²) in [4.78, 5) is 0. The molecule has 0 nitrogen and oxygen atoms in total. The minimum atomic E-state index is 1.02. The SMILES string of the molecule is CCCCPc1cccc(CCCC)c1CCCC. The molecule has 1 heteroatoms. The fourth-order valence-electron chi connectivity index (χ4n) is 2.45. The smallest absolute Gasteiger partial charge is 0.0237 e. The van der Waals surface area contributed by atoms with Gasteiger partial charge in [-0.15, -0.1) is 0 Å². The quantitative estimate of drug-likeness (QED) is 0.393. The van der Waals surface area contributed by atoms with Crippen molar-refractivity contribution < 1.29 is 0 Å². The van der Waals surface area contributed by atoms with Crippen LogP contribution < -0.4 is 5.30 Å². The van der Waals surface area contributed by atoms with Crippen LogP contribution in [0.2, 0.25) is 0 Å². The van der Waals surface area contributed by atoms with Gasteiger partial charge in [0.2, 0.25) is 0 Å². The molecule has 0 spiro atoms. The van der Waals surface area contributed by atoms with E-state index in [1.807, 2.05) is 0 Å². The van der Waals surface area contributed by atoms with Gasteiger partial charge in [-0.2, -0.15) is 0 Å². The van der Waals surface area contributed by atoms with Crippen molar-refractivity contribution in [3.63, 3.8) is 0 Å². The molecule has 0 heterocycles. The zero-order valence-corrected chi connectivity index (χ0v) is 14.1. The summed E-state index contributed by atoms with van der Waals surface area (Å²) in [5, 5.41) is 1.66. The Morgan fingerprint density at radius 1 is 0.842 bits per heavy atom. The monoisotopic (exact) mass is 278 g/mol. The Labute approximate surface area is 122 Å². The van der Waals surface area contributed by atoms with Crippen LogP contribution in [0.15, 0.2) is 18.2 Å². The normalized spacial score (nSPS) is 11.5. The van der Waals surface area contributed by atoms with E-state index in [-0.39, 0.29) is 0 Å². The van der Waals surface area contributed by atoms with Crippen molar-refractivity contribution in [2.45, 2.75) is 72.1 Å². The Kier molecular flexibility index (Phi) is 9.18. The van der Waals surface area contributed by atoms with Crippen molar-refractivity contribution in [3.05, 3.63) is 29.3 Å². The molecule has 1 aromatic carbocycles. The molecule has 0 aliphatic heterocycles. The average Bonchev–Trinajstić information content (AvgIpc) is 2.44. The molecule has 0 radical (unpaired) electrons. The van der Waals surface area contributed by atoms with Gasteiger partial charge in [-0.1, -0.05) is 66.8 Å². The van der Waals surface area contributed by atoms with Crippen molar-refractivity contribution in [3.8, 4) is 0 Å². The van der Waals surface area contributed by atoms with E-state index in [9.17, 15) is 0 Å². The topological polar surface area (TPSA) is 0 Å². The first kappa shape index (κ1) is 16.7. The zero-order chi connectivity index (χ0) is 13.9. The minimum Gasteiger partial charge on any atom is -0.0901 e. The van der Waals surface area contributed by atoms with Gasteiger partial charge in [-0.3, -0.25) is 0 Å². The Morgan fingerprint density at radius 3 is 2.21 bits per heavy atom. The van der Waals surface area contributed by atoms with E-state index in [1.54, 1.807) is 16.4 Å². The van der Waals surface area contributed by atoms with Crippen molar-refractivity contribution in [2.24, 2.45) is 0 Å². The van der Waals surface area contributed by atoms with Crippen molar-refractivity contribution in [2.75, 3.05) is 6.16 Å². The lowest BCUT2D eigenvalue weighted by Crippen LogP contribution is -2.09. The van der Waals surface area contributed by atoms with Gasteiger partial charge in [0.05, 0.1) is 0 Å². The van der Waals surface area contributed by atoms with Gasteiger partial charge < -0.3 is 0 Å². The molecule has 108 valence electrons. The van der Waals surface area contributed by atoms with E-state index >= 15 is 0 Å². The van der Waals surface area contributed by atoms with Gasteiger partial charge in [-0.25, -0.2) is 0 Å². The molecule has 1 rings (SSSR count). The second-order valence-corrected chi connectivity index (χ2v) is 6.82. The highest BCUT2D eigenvalue weighted by molar-refractivity contribution is 7.47. The Balaban J connectivity index is 2.79. The first-order valence-corrected chi connectivity index (χ1v) is 9.38. The summed E-state index contributed by atoms with van der Waals surface area (Å²) in [7, 11) is 1.02. The summed E-state index contributed by atoms with van der Waals surface area (Å²) in [6.07, 6.45) is 11.9. The maximum atomic E-state index is 2.38. The molecule has 0 aliphatic carbocycles. The summed E-state index contributed by atoms with van der Waals surface area (Å²) in [6.45, 7) is 6.88. The fraction of sp³-hybridized carbons (Fsp3) is 0.667. The van der Waals surface area contributed by atoms with Gasteiger partial charge in [-0.05, 0) is 54.7 Å². The molecule has 1 aromatic rings. The number of unbranched alkanes of at least 4 members (excludes halogenated alkanes) is 3. The summed E-state index contributed by atoms with van der Waals surface area (Å²) in [5.74, 6) is 0. The highest BCUT2D eigenvalue weighted by Gasteiger charge is 2.07. The lowest BCUT2D eigenvalue weighted by atomic mass is 9.98. The molecule has 0 N–H and O–H groups in total. The average molecular weight is 278 g/mol. The van der Waals surface area contributed by atoms with Gasteiger partial charge in [0, 0.05) is 0 Å². The van der Waals surface area contributed by atoms with Gasteiger partial charge in [0.15, 0.2) is 0 Å². The Morgan fingerprint density at radius 2 is 1.53 bits per heavy atom. The van der Waals surface area contributed by atoms with Crippen LogP contribution in [0.1, 0.15) is 70.4 Å². The van der Waals surface area contributed by atoms with Crippen molar-refractivity contribution in [1.82, 2.24) is 0 Å². The largest absolute Gasteiger partial charge is 0.0901 e. The van der Waals surface area contributed by atoms with Gasteiger partial charge in [0.1, 0.15) is 0 Å². The lowest BCUT2D eigenvalue weighted by Gasteiger charge is -2.15. The molecule has 0 bridgehead atoms. The highest BCUT2D eigenvalue weighted by Crippen LogP contribution is 2.21. The summed E-state index contributed by atoms with van der Waals surface area (Å²) in [5.41, 5.74) is 3.34. The van der Waals surface area contributed by atoms with Crippen LogP contribution in [0.25, 0.3) is 0 Å². The van der Waals surface area contributed by atoms with Crippen LogP contribution in [-0.4, -0.2) is 6.16 Å². The highest BCUT2D eigenvalue weighted by atomic mass is 31.1. The number of benzene rings is 1. The van der Waals surface area contributed by atoms with Crippen LogP contribution in [0.4, 0.5) is 0 Å². The first-order chi connectivity index (χ1) is 9.33. The van der Waals surface area contributed by atoms with Crippen LogP contribution in [0.3, 0.4) is 0 Å². The Hall–Kier alpha value is -0.350. The summed E-state index contributed by atoms with van der Waals surface area (Å²) < 4.78 is 0. The molecule has 0 fully saturated rings. The molecule has 0 aromatic heterocycles. The molecule has 1 unspecified atom stereocenters. The van der Waals surface area contributed by atoms with E-state index in [1.165, 1.54) is 57.5 Å². The summed E-state index contributed by atoms with van der Waals surface area (Å²) >= 11 is 0. The zero-order valence-electron chi connectivity index (χ0n) is 13.1. The molecule has 0 amide bonds. The van der Waals surface area contributed by atoms with E-state index in [4.69, 9.17) is 0 Å². The predicted octanol–water partition coefficient (Wildman–Crippen LogP) is 5.48. The minimum absolute atomic E-state index is 1.02. The molecular formula is C18H31P. The summed E-state index contributed by atoms with van der Waals surface area (Å²) in [6, 6.07) is 7.04. The third-order valence-corrected chi connectivity index (χ3v) is 5.15. The second-order valence-electron chi connectivity index (χ2n) is 5.43. The number of aryl methyl sites for hydroxylation is 1. The standard InChI is InChI=1S/C18H31P/c1-4-7-11-16-12-10-14-18(19-15-9-6-3)17(16)13-8-5-2/h10,12,14,19H,4-9,11,13,15H2,1-3H3. The van der Waals surface area contributed by atoms with Crippen LogP contribution in [-0.2, 0) is 12.8 Å². The van der Waals surface area contributed by atoms with Crippen molar-refractivity contribution >= 4 is 13.9 Å². The van der Waals surface area contributed by atoms with E-state index in [0.29, 0.717) is 0 Å². The predicted molar refractivity (Wildman–Crippen MR) is 91.4 cm³/mol. The van der Waals surface area contributed by atoms with Gasteiger partial charge in [0.25, 0.3) is 0 Å². The first-order valence-electron chi connectivity index (χ1n) is 8.18. The maximum Gasteiger partial charge on any atom is -0.0237 e. The maximum absolute atomic E-state index is 2.38. The van der Waals surface area contributed by atoms with E-state index < -0.39 is 0 Å². The van der Waals surface area contributed by atoms with Crippen LogP contribution in [0, 0.1) is 0 Å². The lowest BCUT2D eigenvalue weighted by molar-refractivity contribution is 0.761. The number of hydrogen-bond acceptors (Lipinski definition) is 0. The molecule has 0 aliphatic rings. The van der Waals surface area contributed by atoms with E-state index in [0.717, 1.165) is 8.58 Å². The molecule has 19 heavy (non-hydrogen) atoms. The molecule has 0 saturated heterocycles. The van der Waals surface area contributed by atoms with E-state index in [2.05, 4.69) is 39.0 Å². The third-order valence-electron chi connectivity index (χ3n) is 3.70. The molecule has 1 atom stereocenters. The molecular weight excluding hydrogens is 247 g/mol. The molecule has 0 saturated carbocycles. The van der Waals surface area contributed by atoms with Crippen LogP contribution in [0.5, 0.6) is 0 Å². The Bertz CT molecular complexity index is 344.